The Morgan fingerprint density at radius 1 is 1.32 bits per heavy atom. The minimum Gasteiger partial charge on any atom is -0.422 e. The van der Waals surface area contributed by atoms with E-state index in [4.69, 9.17) is 17.0 Å². The quantitative estimate of drug-likeness (QED) is 0.253. The summed E-state index contributed by atoms with van der Waals surface area (Å²) in [5, 5.41) is 7.42. The van der Waals surface area contributed by atoms with E-state index in [1.54, 1.807) is 30.5 Å². The van der Waals surface area contributed by atoms with E-state index in [0.717, 1.165) is 10.0 Å². The van der Waals surface area contributed by atoms with Crippen LogP contribution in [0.5, 0.6) is 5.75 Å². The van der Waals surface area contributed by atoms with Crippen LogP contribution in [-0.4, -0.2) is 23.8 Å². The Morgan fingerprint density at radius 2 is 2.08 bits per heavy atom. The Morgan fingerprint density at radius 3 is 2.80 bits per heavy atom. The van der Waals surface area contributed by atoms with E-state index in [0.29, 0.717) is 28.5 Å². The molecule has 2 aromatic carbocycles. The number of hydrogen-bond donors (Lipinski definition) is 2. The summed E-state index contributed by atoms with van der Waals surface area (Å²) >= 11 is 8.45. The van der Waals surface area contributed by atoms with Gasteiger partial charge in [-0.2, -0.15) is 5.10 Å². The van der Waals surface area contributed by atoms with Gasteiger partial charge in [0.05, 0.1) is 11.8 Å². The molecular weight excluding hydrogens is 402 g/mol. The molecule has 0 aliphatic carbocycles. The zero-order chi connectivity index (χ0) is 18.2. The highest BCUT2D eigenvalue weighted by Crippen LogP contribution is 2.23. The second-order valence-corrected chi connectivity index (χ2v) is 6.44. The summed E-state index contributed by atoms with van der Waals surface area (Å²) in [5.41, 5.74) is 4.73. The van der Waals surface area contributed by atoms with E-state index < -0.39 is 5.97 Å². The van der Waals surface area contributed by atoms with Crippen LogP contribution in [0.15, 0.2) is 52.0 Å². The molecule has 2 aromatic rings. The summed E-state index contributed by atoms with van der Waals surface area (Å²) < 4.78 is 6.39. The Hall–Kier alpha value is -2.25. The first-order chi connectivity index (χ1) is 12.0. The molecular formula is C18H18BrN3O2S. The fourth-order valence-corrected chi connectivity index (χ4v) is 2.61. The van der Waals surface area contributed by atoms with Crippen molar-refractivity contribution in [2.75, 3.05) is 6.54 Å². The van der Waals surface area contributed by atoms with Crippen molar-refractivity contribution in [3.05, 3.63) is 63.6 Å². The predicted molar refractivity (Wildman–Crippen MR) is 107 cm³/mol. The van der Waals surface area contributed by atoms with Crippen LogP contribution in [0.3, 0.4) is 0 Å². The molecule has 0 aromatic heterocycles. The zero-order valence-electron chi connectivity index (χ0n) is 13.9. The average molecular weight is 420 g/mol. The normalized spacial score (nSPS) is 10.5. The standard InChI is InChI=1S/C18H18BrN3O2S/c1-3-20-18(25)22-21-11-13-10-14(19)8-9-16(13)24-17(23)15-7-5-4-6-12(15)2/h4-11H,3H2,1-2H3,(H2,20,22,25)/b21-11+. The van der Waals surface area contributed by atoms with Crippen molar-refractivity contribution < 1.29 is 9.53 Å². The molecule has 2 N–H and O–H groups in total. The number of nitrogens with one attached hydrogen (secondary N) is 2. The van der Waals surface area contributed by atoms with Crippen LogP contribution in [0.1, 0.15) is 28.4 Å². The van der Waals surface area contributed by atoms with Gasteiger partial charge in [-0.15, -0.1) is 0 Å². The Bertz CT molecular complexity index is 809. The number of carbonyl (C=O) groups is 1. The van der Waals surface area contributed by atoms with E-state index in [1.807, 2.05) is 32.0 Å². The van der Waals surface area contributed by atoms with Crippen LogP contribution >= 0.6 is 28.1 Å². The molecule has 0 aliphatic rings. The number of carbonyl (C=O) groups excluding carboxylic acids is 1. The highest BCUT2D eigenvalue weighted by atomic mass is 79.9. The molecule has 0 spiro atoms. The molecule has 0 amide bonds. The lowest BCUT2D eigenvalue weighted by atomic mass is 10.1. The fraction of sp³-hybridized carbons (Fsp3) is 0.167. The minimum absolute atomic E-state index is 0.411. The number of nitrogens with zero attached hydrogens (tertiary/aromatic N) is 1. The number of hydrazone groups is 1. The monoisotopic (exact) mass is 419 g/mol. The maximum absolute atomic E-state index is 12.4. The molecule has 0 radical (unpaired) electrons. The summed E-state index contributed by atoms with van der Waals surface area (Å²) in [6.45, 7) is 4.51. The van der Waals surface area contributed by atoms with Gasteiger partial charge >= 0.3 is 5.97 Å². The first-order valence-electron chi connectivity index (χ1n) is 7.65. The van der Waals surface area contributed by atoms with Gasteiger partial charge < -0.3 is 10.1 Å². The summed E-state index contributed by atoms with van der Waals surface area (Å²) in [4.78, 5) is 12.4. The maximum Gasteiger partial charge on any atom is 0.343 e. The number of aryl methyl sites for hydroxylation is 1. The third kappa shape index (κ3) is 5.65. The van der Waals surface area contributed by atoms with E-state index >= 15 is 0 Å². The molecule has 130 valence electrons. The van der Waals surface area contributed by atoms with Gasteiger partial charge in [0.15, 0.2) is 5.11 Å². The van der Waals surface area contributed by atoms with E-state index in [-0.39, 0.29) is 0 Å². The minimum atomic E-state index is -0.411. The summed E-state index contributed by atoms with van der Waals surface area (Å²) in [7, 11) is 0. The van der Waals surface area contributed by atoms with E-state index in [1.165, 1.54) is 0 Å². The topological polar surface area (TPSA) is 62.7 Å². The first kappa shape index (κ1) is 19.1. The van der Waals surface area contributed by atoms with Crippen LogP contribution < -0.4 is 15.5 Å². The van der Waals surface area contributed by atoms with Crippen molar-refractivity contribution in [2.45, 2.75) is 13.8 Å². The number of ether oxygens (including phenoxy) is 1. The van der Waals surface area contributed by atoms with Crippen LogP contribution in [0.2, 0.25) is 0 Å². The SMILES string of the molecule is CCNC(=S)N/N=C/c1cc(Br)ccc1OC(=O)c1ccccc1C. The summed E-state index contributed by atoms with van der Waals surface area (Å²) in [5.74, 6) is 0.00238. The Balaban J connectivity index is 2.18. The second kappa shape index (κ2) is 9.29. The molecule has 0 bridgehead atoms. The number of esters is 1. The van der Waals surface area contributed by atoms with Crippen molar-refractivity contribution in [1.29, 1.82) is 0 Å². The molecule has 0 saturated carbocycles. The van der Waals surface area contributed by atoms with Crippen LogP contribution in [-0.2, 0) is 0 Å². The molecule has 7 heteroatoms. The largest absolute Gasteiger partial charge is 0.422 e. The summed E-state index contributed by atoms with van der Waals surface area (Å²) in [6.07, 6.45) is 1.55. The highest BCUT2D eigenvalue weighted by Gasteiger charge is 2.13. The third-order valence-electron chi connectivity index (χ3n) is 3.25. The van der Waals surface area contributed by atoms with Gasteiger partial charge in [0.25, 0.3) is 0 Å². The second-order valence-electron chi connectivity index (χ2n) is 5.12. The van der Waals surface area contributed by atoms with Gasteiger partial charge in [0, 0.05) is 16.6 Å². The smallest absolute Gasteiger partial charge is 0.343 e. The third-order valence-corrected chi connectivity index (χ3v) is 3.98. The number of hydrogen-bond acceptors (Lipinski definition) is 4. The van der Waals surface area contributed by atoms with Gasteiger partial charge in [0.2, 0.25) is 0 Å². The number of thiocarbonyl (C=S) groups is 1. The number of benzene rings is 2. The van der Waals surface area contributed by atoms with E-state index in [2.05, 4.69) is 31.8 Å². The van der Waals surface area contributed by atoms with Gasteiger partial charge in [-0.3, -0.25) is 5.43 Å². The molecule has 0 unspecified atom stereocenters. The van der Waals surface area contributed by atoms with Crippen molar-refractivity contribution in [3.8, 4) is 5.75 Å². The highest BCUT2D eigenvalue weighted by molar-refractivity contribution is 9.10. The van der Waals surface area contributed by atoms with Gasteiger partial charge in [0.1, 0.15) is 5.75 Å². The number of rotatable bonds is 5. The van der Waals surface area contributed by atoms with Gasteiger partial charge in [-0.05, 0) is 55.9 Å². The Kier molecular flexibility index (Phi) is 7.09. The lowest BCUT2D eigenvalue weighted by Crippen LogP contribution is -2.31. The lowest BCUT2D eigenvalue weighted by molar-refractivity contribution is 0.0733. The average Bonchev–Trinajstić information content (AvgIpc) is 2.57. The molecule has 2 rings (SSSR count). The molecule has 0 aliphatic heterocycles. The molecule has 0 fully saturated rings. The summed E-state index contributed by atoms with van der Waals surface area (Å²) in [6, 6.07) is 12.6. The van der Waals surface area contributed by atoms with Crippen LogP contribution in [0, 0.1) is 6.92 Å². The van der Waals surface area contributed by atoms with Crippen molar-refractivity contribution in [3.63, 3.8) is 0 Å². The van der Waals surface area contributed by atoms with Crippen molar-refractivity contribution in [2.24, 2.45) is 5.10 Å². The molecule has 25 heavy (non-hydrogen) atoms. The molecule has 0 atom stereocenters. The van der Waals surface area contributed by atoms with Crippen LogP contribution in [0.25, 0.3) is 0 Å². The molecule has 0 heterocycles. The van der Waals surface area contributed by atoms with Gasteiger partial charge in [-0.25, -0.2) is 4.79 Å². The maximum atomic E-state index is 12.4. The number of halogens is 1. The van der Waals surface area contributed by atoms with Crippen molar-refractivity contribution in [1.82, 2.24) is 10.7 Å². The molecule has 0 saturated heterocycles. The van der Waals surface area contributed by atoms with E-state index in [9.17, 15) is 4.79 Å². The van der Waals surface area contributed by atoms with Gasteiger partial charge in [-0.1, -0.05) is 34.1 Å². The molecule has 5 nitrogen and oxygen atoms in total. The van der Waals surface area contributed by atoms with Crippen molar-refractivity contribution >= 4 is 45.4 Å². The first-order valence-corrected chi connectivity index (χ1v) is 8.85. The fourth-order valence-electron chi connectivity index (χ4n) is 2.03. The predicted octanol–water partition coefficient (Wildman–Crippen LogP) is 3.79. The van der Waals surface area contributed by atoms with Crippen LogP contribution in [0.4, 0.5) is 0 Å². The zero-order valence-corrected chi connectivity index (χ0v) is 16.3. The Labute approximate surface area is 160 Å². The lowest BCUT2D eigenvalue weighted by Gasteiger charge is -2.09.